The molecule has 0 bridgehead atoms. The normalized spacial score (nSPS) is 28.8. The maximum atomic E-state index is 12.5. The third-order valence-electron chi connectivity index (χ3n) is 3.42. The number of nitrogens with two attached hydrogens (primary N) is 1. The van der Waals surface area contributed by atoms with Crippen molar-refractivity contribution in [3.63, 3.8) is 0 Å². The molecule has 0 saturated heterocycles. The van der Waals surface area contributed by atoms with Crippen molar-refractivity contribution in [2.75, 3.05) is 0 Å². The number of nitrogens with one attached hydrogen (secondary N) is 1. The van der Waals surface area contributed by atoms with Crippen LogP contribution >= 0.6 is 0 Å². The molecule has 2 nitrogen and oxygen atoms in total. The van der Waals surface area contributed by atoms with E-state index < -0.39 is 12.1 Å². The molecule has 3 N–H and O–H groups in total. The number of hydrazine groups is 1. The van der Waals surface area contributed by atoms with E-state index in [4.69, 9.17) is 5.84 Å². The van der Waals surface area contributed by atoms with Crippen LogP contribution < -0.4 is 11.3 Å². The average Bonchev–Trinajstić information content (AvgIpc) is 2.17. The second-order valence-corrected chi connectivity index (χ2v) is 4.64. The lowest BCUT2D eigenvalue weighted by atomic mass is 9.77. The lowest BCUT2D eigenvalue weighted by molar-refractivity contribution is -0.184. The van der Waals surface area contributed by atoms with Crippen molar-refractivity contribution < 1.29 is 13.2 Å². The first-order chi connectivity index (χ1) is 7.36. The molecule has 0 aliphatic heterocycles. The molecule has 0 spiro atoms. The topological polar surface area (TPSA) is 38.0 Å². The van der Waals surface area contributed by atoms with E-state index in [1.807, 2.05) is 6.92 Å². The fourth-order valence-electron chi connectivity index (χ4n) is 2.46. The van der Waals surface area contributed by atoms with Gasteiger partial charge in [-0.2, -0.15) is 13.2 Å². The summed E-state index contributed by atoms with van der Waals surface area (Å²) in [5.74, 6) is 4.44. The maximum Gasteiger partial charge on any atom is 0.391 e. The Morgan fingerprint density at radius 2 is 1.81 bits per heavy atom. The first kappa shape index (κ1) is 13.5. The minimum absolute atomic E-state index is 0.0609. The molecule has 1 saturated carbocycles. The zero-order valence-electron chi connectivity index (χ0n) is 9.48. The molecule has 0 radical (unpaired) electrons. The number of alkyl halides is 3. The monoisotopic (exact) mass is 236 g/mol. The summed E-state index contributed by atoms with van der Waals surface area (Å²) in [6.45, 7) is 5.65. The molecular weight excluding hydrogens is 217 g/mol. The molecular formula is C11H19F3N2. The summed E-state index contributed by atoms with van der Waals surface area (Å²) in [6.07, 6.45) is -2.50. The molecule has 1 unspecified atom stereocenters. The summed E-state index contributed by atoms with van der Waals surface area (Å²) in [5, 5.41) is 0. The van der Waals surface area contributed by atoms with Crippen LogP contribution in [0.5, 0.6) is 0 Å². The van der Waals surface area contributed by atoms with Gasteiger partial charge in [0.15, 0.2) is 0 Å². The van der Waals surface area contributed by atoms with Gasteiger partial charge in [-0.25, -0.2) is 0 Å². The Kier molecular flexibility index (Phi) is 4.38. The van der Waals surface area contributed by atoms with Crippen molar-refractivity contribution in [1.82, 2.24) is 5.43 Å². The Morgan fingerprint density at radius 3 is 2.12 bits per heavy atom. The predicted octanol–water partition coefficient (Wildman–Crippen LogP) is 2.76. The summed E-state index contributed by atoms with van der Waals surface area (Å²) < 4.78 is 37.4. The van der Waals surface area contributed by atoms with Crippen LogP contribution in [0.2, 0.25) is 0 Å². The smallest absolute Gasteiger partial charge is 0.271 e. The van der Waals surface area contributed by atoms with Gasteiger partial charge in [-0.05, 0) is 38.5 Å². The van der Waals surface area contributed by atoms with Crippen LogP contribution in [0.3, 0.4) is 0 Å². The second kappa shape index (κ2) is 5.19. The molecule has 0 aromatic rings. The molecule has 1 fully saturated rings. The number of hydrogen-bond donors (Lipinski definition) is 2. The molecule has 0 aromatic carbocycles. The Morgan fingerprint density at radius 1 is 1.31 bits per heavy atom. The molecule has 1 atom stereocenters. The number of hydrogen-bond acceptors (Lipinski definition) is 2. The molecule has 16 heavy (non-hydrogen) atoms. The third-order valence-corrected chi connectivity index (χ3v) is 3.42. The van der Waals surface area contributed by atoms with Gasteiger partial charge < -0.3 is 0 Å². The van der Waals surface area contributed by atoms with E-state index in [0.29, 0.717) is 12.8 Å². The molecule has 0 heterocycles. The van der Waals surface area contributed by atoms with Gasteiger partial charge in [-0.3, -0.25) is 11.3 Å². The van der Waals surface area contributed by atoms with Crippen LogP contribution in [-0.4, -0.2) is 12.2 Å². The van der Waals surface area contributed by atoms with Gasteiger partial charge in [0.1, 0.15) is 0 Å². The van der Waals surface area contributed by atoms with Gasteiger partial charge in [-0.15, -0.1) is 0 Å². The number of halogens is 3. The van der Waals surface area contributed by atoms with Crippen molar-refractivity contribution >= 4 is 0 Å². The van der Waals surface area contributed by atoms with Gasteiger partial charge in [0.2, 0.25) is 0 Å². The molecule has 0 amide bonds. The summed E-state index contributed by atoms with van der Waals surface area (Å²) in [4.78, 5) is 0. The SMILES string of the molecule is C=C(C)C(NN)C1CCC(C(F)(F)F)CC1. The lowest BCUT2D eigenvalue weighted by Crippen LogP contribution is -2.43. The van der Waals surface area contributed by atoms with E-state index in [2.05, 4.69) is 12.0 Å². The first-order valence-electron chi connectivity index (χ1n) is 5.54. The van der Waals surface area contributed by atoms with Crippen LogP contribution in [0.25, 0.3) is 0 Å². The van der Waals surface area contributed by atoms with Crippen LogP contribution in [-0.2, 0) is 0 Å². The average molecular weight is 236 g/mol. The standard InChI is InChI=1S/C11H19F3N2/c1-7(2)10(16-15)8-3-5-9(6-4-8)11(12,13)14/h8-10,16H,1,3-6,15H2,2H3. The van der Waals surface area contributed by atoms with Gasteiger partial charge in [0.05, 0.1) is 5.92 Å². The highest BCUT2D eigenvalue weighted by Gasteiger charge is 2.42. The van der Waals surface area contributed by atoms with E-state index in [1.165, 1.54) is 0 Å². The van der Waals surface area contributed by atoms with Crippen molar-refractivity contribution in [1.29, 1.82) is 0 Å². The Labute approximate surface area is 94.0 Å². The van der Waals surface area contributed by atoms with Crippen molar-refractivity contribution in [3.8, 4) is 0 Å². The van der Waals surface area contributed by atoms with E-state index in [0.717, 1.165) is 5.57 Å². The molecule has 1 aliphatic carbocycles. The quantitative estimate of drug-likeness (QED) is 0.449. The van der Waals surface area contributed by atoms with E-state index in [1.54, 1.807) is 0 Å². The largest absolute Gasteiger partial charge is 0.391 e. The Bertz CT molecular complexity index is 242. The highest BCUT2D eigenvalue weighted by molar-refractivity contribution is 5.04. The van der Waals surface area contributed by atoms with Crippen LogP contribution in [0, 0.1) is 11.8 Å². The third kappa shape index (κ3) is 3.22. The van der Waals surface area contributed by atoms with Crippen LogP contribution in [0.1, 0.15) is 32.6 Å². The fourth-order valence-corrected chi connectivity index (χ4v) is 2.46. The van der Waals surface area contributed by atoms with E-state index >= 15 is 0 Å². The van der Waals surface area contributed by atoms with E-state index in [9.17, 15) is 13.2 Å². The highest BCUT2D eigenvalue weighted by Crippen LogP contribution is 2.40. The minimum atomic E-state index is -4.04. The van der Waals surface area contributed by atoms with Crippen LogP contribution in [0.15, 0.2) is 12.2 Å². The highest BCUT2D eigenvalue weighted by atomic mass is 19.4. The molecule has 1 aliphatic rings. The fraction of sp³-hybridized carbons (Fsp3) is 0.818. The van der Waals surface area contributed by atoms with Gasteiger partial charge in [-0.1, -0.05) is 12.2 Å². The summed E-state index contributed by atoms with van der Waals surface area (Å²) in [5.41, 5.74) is 3.53. The molecule has 94 valence electrons. The zero-order chi connectivity index (χ0) is 12.3. The van der Waals surface area contributed by atoms with Crippen molar-refractivity contribution in [3.05, 3.63) is 12.2 Å². The minimum Gasteiger partial charge on any atom is -0.271 e. The molecule has 0 aromatic heterocycles. The van der Waals surface area contributed by atoms with Gasteiger partial charge in [0, 0.05) is 6.04 Å². The van der Waals surface area contributed by atoms with Gasteiger partial charge in [0.25, 0.3) is 0 Å². The van der Waals surface area contributed by atoms with Crippen molar-refractivity contribution in [2.45, 2.75) is 44.8 Å². The van der Waals surface area contributed by atoms with E-state index in [-0.39, 0.29) is 24.8 Å². The zero-order valence-corrected chi connectivity index (χ0v) is 9.48. The van der Waals surface area contributed by atoms with Crippen LogP contribution in [0.4, 0.5) is 13.2 Å². The summed E-state index contributed by atoms with van der Waals surface area (Å²) >= 11 is 0. The number of rotatable bonds is 3. The maximum absolute atomic E-state index is 12.5. The van der Waals surface area contributed by atoms with Crippen molar-refractivity contribution in [2.24, 2.45) is 17.7 Å². The van der Waals surface area contributed by atoms with Gasteiger partial charge >= 0.3 is 6.18 Å². The first-order valence-corrected chi connectivity index (χ1v) is 5.54. The second-order valence-electron chi connectivity index (χ2n) is 4.64. The summed E-state index contributed by atoms with van der Waals surface area (Å²) in [6, 6.07) is -0.0609. The lowest BCUT2D eigenvalue weighted by Gasteiger charge is -2.34. The predicted molar refractivity (Wildman–Crippen MR) is 57.4 cm³/mol. The Balaban J connectivity index is 2.51. The summed E-state index contributed by atoms with van der Waals surface area (Å²) in [7, 11) is 0. The molecule has 5 heteroatoms. The Hall–Kier alpha value is -0.550. The molecule has 1 rings (SSSR count).